The fourth-order valence-electron chi connectivity index (χ4n) is 4.93. The number of allylic oxidation sites excluding steroid dienone is 1. The van der Waals surface area contributed by atoms with Crippen LogP contribution in [0.3, 0.4) is 0 Å². The average Bonchev–Trinajstić information content (AvgIpc) is 3.63. The summed E-state index contributed by atoms with van der Waals surface area (Å²) in [5.41, 5.74) is 3.96. The molecule has 0 radical (unpaired) electrons. The van der Waals surface area contributed by atoms with E-state index in [-0.39, 0.29) is 28.6 Å². The number of para-hydroxylation sites is 2. The lowest BCUT2D eigenvalue weighted by molar-refractivity contribution is -0.236. The zero-order valence-corrected chi connectivity index (χ0v) is 32.2. The Morgan fingerprint density at radius 1 is 0.944 bits per heavy atom. The van der Waals surface area contributed by atoms with E-state index in [1.165, 1.54) is 61.4 Å². The standard InChI is InChI=1S/C36H37N5O10S3/c1-6-16-37-49-18-21-17-28(30(43)31(44)32(21)53-35-40-39-34(54-35)52-19-20(2)51-48-5)50-36(46)41(3)26-12-9-10-23-22(26)14-15-24(29(23)42)33(45)38-25-11-7-8-13-27(25)47-4/h7-15,17,19,37,42-44H,6,16,18H2,1-5H3,(H,38,45)/b20-19+. The van der Waals surface area contributed by atoms with Crippen molar-refractivity contribution in [1.29, 1.82) is 0 Å². The minimum absolute atomic E-state index is 0.00411. The van der Waals surface area contributed by atoms with Gasteiger partial charge in [0.2, 0.25) is 5.75 Å². The second-order valence-corrected chi connectivity index (χ2v) is 14.5. The number of ether oxygens (including phenoxy) is 2. The third kappa shape index (κ3) is 9.46. The van der Waals surface area contributed by atoms with Gasteiger partial charge in [0.05, 0.1) is 42.7 Å². The van der Waals surface area contributed by atoms with Crippen molar-refractivity contribution in [3.05, 3.63) is 83.0 Å². The minimum atomic E-state index is -0.919. The van der Waals surface area contributed by atoms with Gasteiger partial charge in [-0.1, -0.05) is 72.1 Å². The number of hydrogen-bond acceptors (Lipinski definition) is 16. The first-order valence-electron chi connectivity index (χ1n) is 16.2. The molecule has 0 saturated carbocycles. The molecule has 5 aromatic rings. The Balaban J connectivity index is 1.38. The molecule has 1 heterocycles. The lowest BCUT2D eigenvalue weighted by Crippen LogP contribution is -2.29. The van der Waals surface area contributed by atoms with Gasteiger partial charge in [0, 0.05) is 35.3 Å². The van der Waals surface area contributed by atoms with E-state index in [1.807, 2.05) is 6.92 Å². The third-order valence-corrected chi connectivity index (χ3v) is 10.7. The molecule has 0 unspecified atom stereocenters. The monoisotopic (exact) mass is 795 g/mol. The Kier molecular flexibility index (Phi) is 13.8. The van der Waals surface area contributed by atoms with Crippen LogP contribution < -0.4 is 25.2 Å². The number of anilines is 2. The third-order valence-electron chi connectivity index (χ3n) is 7.51. The van der Waals surface area contributed by atoms with Crippen LogP contribution in [0.1, 0.15) is 36.2 Å². The number of methoxy groups -OCH3 is 1. The van der Waals surface area contributed by atoms with E-state index >= 15 is 0 Å². The van der Waals surface area contributed by atoms with Gasteiger partial charge in [0.15, 0.2) is 20.2 Å². The first-order valence-corrected chi connectivity index (χ1v) is 18.7. The molecule has 54 heavy (non-hydrogen) atoms. The van der Waals surface area contributed by atoms with Crippen LogP contribution in [0.2, 0.25) is 0 Å². The molecule has 4 aromatic carbocycles. The summed E-state index contributed by atoms with van der Waals surface area (Å²) in [5, 5.41) is 46.9. The van der Waals surface area contributed by atoms with Crippen LogP contribution in [-0.2, 0) is 21.2 Å². The van der Waals surface area contributed by atoms with E-state index in [0.717, 1.165) is 18.2 Å². The second-order valence-electron chi connectivity index (χ2n) is 11.2. The van der Waals surface area contributed by atoms with Crippen molar-refractivity contribution in [1.82, 2.24) is 15.7 Å². The van der Waals surface area contributed by atoms with E-state index in [1.54, 1.807) is 60.9 Å². The fourth-order valence-corrected chi connectivity index (χ4v) is 7.72. The predicted octanol–water partition coefficient (Wildman–Crippen LogP) is 7.82. The van der Waals surface area contributed by atoms with Crippen molar-refractivity contribution in [3.63, 3.8) is 0 Å². The van der Waals surface area contributed by atoms with Gasteiger partial charge in [-0.05, 0) is 43.7 Å². The Bertz CT molecular complexity index is 2160. The van der Waals surface area contributed by atoms with Crippen molar-refractivity contribution in [2.45, 2.75) is 40.4 Å². The summed E-state index contributed by atoms with van der Waals surface area (Å²) in [4.78, 5) is 43.3. The Morgan fingerprint density at radius 3 is 2.48 bits per heavy atom. The van der Waals surface area contributed by atoms with E-state index in [9.17, 15) is 24.9 Å². The average molecular weight is 796 g/mol. The number of carbonyl (C=O) groups is 2. The van der Waals surface area contributed by atoms with Crippen LogP contribution in [0.5, 0.6) is 28.7 Å². The van der Waals surface area contributed by atoms with Gasteiger partial charge < -0.3 is 35.0 Å². The number of aromatic hydroxyl groups is 3. The minimum Gasteiger partial charge on any atom is -0.506 e. The van der Waals surface area contributed by atoms with Crippen LogP contribution in [-0.4, -0.2) is 65.3 Å². The van der Waals surface area contributed by atoms with E-state index < -0.39 is 23.5 Å². The molecule has 18 heteroatoms. The van der Waals surface area contributed by atoms with Crippen LogP contribution in [0.4, 0.5) is 16.2 Å². The molecule has 0 atom stereocenters. The zero-order chi connectivity index (χ0) is 38.8. The summed E-state index contributed by atoms with van der Waals surface area (Å²) in [6, 6.07) is 16.2. The number of benzene rings is 4. The van der Waals surface area contributed by atoms with Crippen LogP contribution in [0.15, 0.2) is 85.4 Å². The van der Waals surface area contributed by atoms with Gasteiger partial charge in [-0.3, -0.25) is 14.5 Å². The molecule has 5 N–H and O–H groups in total. The first kappa shape index (κ1) is 40.0. The van der Waals surface area contributed by atoms with Crippen molar-refractivity contribution in [2.24, 2.45) is 0 Å². The molecule has 2 amide bonds. The van der Waals surface area contributed by atoms with Crippen molar-refractivity contribution in [2.75, 3.05) is 38.0 Å². The lowest BCUT2D eigenvalue weighted by Gasteiger charge is -2.21. The largest absolute Gasteiger partial charge is 0.506 e. The molecule has 284 valence electrons. The Labute approximate surface area is 322 Å². The zero-order valence-electron chi connectivity index (χ0n) is 29.7. The Morgan fingerprint density at radius 2 is 1.72 bits per heavy atom. The van der Waals surface area contributed by atoms with Crippen molar-refractivity contribution in [3.8, 4) is 28.7 Å². The smallest absolute Gasteiger partial charge is 0.419 e. The summed E-state index contributed by atoms with van der Waals surface area (Å²) < 4.78 is 12.0. The van der Waals surface area contributed by atoms with Crippen LogP contribution >= 0.6 is 34.9 Å². The number of nitrogens with zero attached hydrogens (tertiary/aromatic N) is 3. The van der Waals surface area contributed by atoms with Gasteiger partial charge in [0.1, 0.15) is 17.3 Å². The molecule has 0 fully saturated rings. The number of aromatic nitrogens is 2. The number of rotatable bonds is 16. The molecule has 0 aliphatic carbocycles. The van der Waals surface area contributed by atoms with Crippen LogP contribution in [0.25, 0.3) is 10.8 Å². The molecule has 0 spiro atoms. The van der Waals surface area contributed by atoms with E-state index in [0.29, 0.717) is 54.4 Å². The number of phenols is 3. The van der Waals surface area contributed by atoms with Gasteiger partial charge in [-0.25, -0.2) is 10.3 Å². The van der Waals surface area contributed by atoms with Gasteiger partial charge >= 0.3 is 6.09 Å². The van der Waals surface area contributed by atoms with Crippen molar-refractivity contribution >= 4 is 69.0 Å². The highest BCUT2D eigenvalue weighted by Crippen LogP contribution is 2.48. The molecule has 0 saturated heterocycles. The number of hydroxylamine groups is 1. The molecular formula is C36H37N5O10S3. The number of nitrogens with one attached hydrogen (secondary N) is 2. The molecule has 0 bridgehead atoms. The van der Waals surface area contributed by atoms with Crippen LogP contribution in [0, 0.1) is 0 Å². The maximum atomic E-state index is 13.6. The highest BCUT2D eigenvalue weighted by atomic mass is 32.2. The first-order chi connectivity index (χ1) is 26.1. The summed E-state index contributed by atoms with van der Waals surface area (Å²) in [7, 11) is 4.33. The molecule has 5 rings (SSSR count). The predicted molar refractivity (Wildman–Crippen MR) is 206 cm³/mol. The lowest BCUT2D eigenvalue weighted by atomic mass is 10.0. The van der Waals surface area contributed by atoms with Gasteiger partial charge in [-0.2, -0.15) is 4.89 Å². The number of carbonyl (C=O) groups excluding carboxylic acids is 2. The highest BCUT2D eigenvalue weighted by molar-refractivity contribution is 8.05. The summed E-state index contributed by atoms with van der Waals surface area (Å²) in [6.07, 6.45) is -0.118. The molecule has 0 aliphatic heterocycles. The van der Waals surface area contributed by atoms with Crippen molar-refractivity contribution < 1.29 is 49.0 Å². The van der Waals surface area contributed by atoms with Gasteiger partial charge in [0.25, 0.3) is 5.91 Å². The maximum absolute atomic E-state index is 13.6. The number of phenolic OH excluding ortho intramolecular Hbond substituents is 3. The second kappa shape index (κ2) is 18.7. The van der Waals surface area contributed by atoms with Gasteiger partial charge in [-0.15, -0.1) is 10.2 Å². The fraction of sp³-hybridized carbons (Fsp3) is 0.222. The topological polar surface area (TPSA) is 194 Å². The quantitative estimate of drug-likeness (QED) is 0.0162. The molecular weight excluding hydrogens is 759 g/mol. The number of hydrogen-bond donors (Lipinski definition) is 5. The normalized spacial score (nSPS) is 11.4. The van der Waals surface area contributed by atoms with E-state index in [2.05, 4.69) is 25.9 Å². The molecule has 1 aromatic heterocycles. The number of thioether (sulfide) groups is 1. The molecule has 0 aliphatic rings. The summed E-state index contributed by atoms with van der Waals surface area (Å²) in [5.74, 6) is -1.45. The SMILES string of the molecule is CCCNOCc1cc(OC(=O)N(C)c2cccc3c(O)c(C(=O)Nc4ccccc4OC)ccc23)c(O)c(O)c1Sc1nnc(S/C=C(\C)OOC)s1. The highest BCUT2D eigenvalue weighted by Gasteiger charge is 2.25. The summed E-state index contributed by atoms with van der Waals surface area (Å²) >= 11 is 3.56. The Hall–Kier alpha value is -5.24. The molecule has 15 nitrogen and oxygen atoms in total. The number of fused-ring (bicyclic) bond motifs is 1. The number of amides is 2. The summed E-state index contributed by atoms with van der Waals surface area (Å²) in [6.45, 7) is 4.18. The maximum Gasteiger partial charge on any atom is 0.419 e. The van der Waals surface area contributed by atoms with E-state index in [4.69, 9.17) is 19.2 Å².